The minimum absolute atomic E-state index is 0.264. The van der Waals surface area contributed by atoms with Gasteiger partial charge in [0.1, 0.15) is 24.4 Å². The number of aliphatic hydroxyl groups is 4. The highest BCUT2D eigenvalue weighted by molar-refractivity contribution is 7.80. The largest absolute Gasteiger partial charge is 0.397 e. The Morgan fingerprint density at radius 3 is 2.06 bits per heavy atom. The number of ether oxygens (including phenoxy) is 2. The molecule has 0 saturated carbocycles. The molecular formula is C36H65NO11S. The number of unbranched alkanes of at least 4 members (excludes halogenated alkanes) is 16. The minimum Gasteiger partial charge on any atom is -0.394 e. The summed E-state index contributed by atoms with van der Waals surface area (Å²) in [6.07, 6.45) is 14.4. The zero-order valence-electron chi connectivity index (χ0n) is 29.8. The molecule has 1 fully saturated rings. The number of hydrogen-bond acceptors (Lipinski definition) is 10. The quantitative estimate of drug-likeness (QED) is 0.0280. The molecule has 1 saturated heterocycles. The van der Waals surface area contributed by atoms with Crippen LogP contribution in [-0.4, -0.2) is 95.4 Å². The molecule has 0 radical (unpaired) electrons. The van der Waals surface area contributed by atoms with Crippen LogP contribution >= 0.6 is 0 Å². The summed E-state index contributed by atoms with van der Waals surface area (Å²) in [7, 11) is -5.08. The second kappa shape index (κ2) is 28.0. The molecule has 0 unspecified atom stereocenters. The summed E-state index contributed by atoms with van der Waals surface area (Å²) in [6.45, 7) is 3.13. The molecule has 0 spiro atoms. The molecule has 0 bridgehead atoms. The van der Waals surface area contributed by atoms with Crippen molar-refractivity contribution in [3.05, 3.63) is 12.2 Å². The van der Waals surface area contributed by atoms with Crippen LogP contribution in [0.15, 0.2) is 12.2 Å². The first-order valence-electron chi connectivity index (χ1n) is 18.5. The first-order chi connectivity index (χ1) is 23.5. The fraction of sp³-hybridized carbons (Fsp3) is 0.861. The first kappa shape index (κ1) is 45.4. The van der Waals surface area contributed by atoms with Crippen molar-refractivity contribution >= 4 is 16.3 Å². The van der Waals surface area contributed by atoms with Crippen molar-refractivity contribution in [1.82, 2.24) is 5.32 Å². The van der Waals surface area contributed by atoms with E-state index in [0.717, 1.165) is 64.2 Å². The molecule has 1 amide bonds. The van der Waals surface area contributed by atoms with Crippen LogP contribution in [0.2, 0.25) is 0 Å². The molecule has 0 aliphatic carbocycles. The van der Waals surface area contributed by atoms with Crippen molar-refractivity contribution in [2.24, 2.45) is 0 Å². The Kier molecular flexibility index (Phi) is 26.0. The van der Waals surface area contributed by atoms with Crippen molar-refractivity contribution < 1.29 is 51.8 Å². The lowest BCUT2D eigenvalue weighted by Gasteiger charge is -2.41. The first-order valence-corrected chi connectivity index (χ1v) is 19.9. The molecule has 0 aromatic carbocycles. The van der Waals surface area contributed by atoms with E-state index < -0.39 is 59.9 Å². The Morgan fingerprint density at radius 2 is 1.47 bits per heavy atom. The Bertz CT molecular complexity index is 1050. The Labute approximate surface area is 295 Å². The molecular weight excluding hydrogens is 654 g/mol. The van der Waals surface area contributed by atoms with Crippen molar-refractivity contribution in [2.75, 3.05) is 13.2 Å². The average molecular weight is 720 g/mol. The van der Waals surface area contributed by atoms with Gasteiger partial charge in [-0.1, -0.05) is 109 Å². The monoisotopic (exact) mass is 719 g/mol. The van der Waals surface area contributed by atoms with Gasteiger partial charge >= 0.3 is 10.4 Å². The third-order valence-corrected chi connectivity index (χ3v) is 9.03. The van der Waals surface area contributed by atoms with E-state index in [1.165, 1.54) is 51.4 Å². The second-order valence-electron chi connectivity index (χ2n) is 12.9. The number of carbonyl (C=O) groups is 1. The molecule has 286 valence electrons. The van der Waals surface area contributed by atoms with Gasteiger partial charge in [-0.25, -0.2) is 4.18 Å². The lowest BCUT2D eigenvalue weighted by atomic mass is 9.99. The SMILES string of the molecule is CCC#CCCCCCCCCC/C=C/[C@@H](O)[C@H](CO[C@@H]1O[C@H](CO)[C@H](O)[C@H](OS(=O)(=O)O)[C@H]1O)NC(=O)CCCCCCCCCCC. The van der Waals surface area contributed by atoms with Crippen molar-refractivity contribution in [1.29, 1.82) is 0 Å². The fourth-order valence-electron chi connectivity index (χ4n) is 5.69. The molecule has 0 aromatic heterocycles. The molecule has 1 rings (SSSR count). The summed E-state index contributed by atoms with van der Waals surface area (Å²) in [5.41, 5.74) is 0. The number of amides is 1. The van der Waals surface area contributed by atoms with Gasteiger partial charge in [0.15, 0.2) is 6.29 Å². The van der Waals surface area contributed by atoms with Crippen LogP contribution in [0.1, 0.15) is 142 Å². The van der Waals surface area contributed by atoms with Crippen LogP contribution in [0, 0.1) is 11.8 Å². The highest BCUT2D eigenvalue weighted by atomic mass is 32.3. The molecule has 12 nitrogen and oxygen atoms in total. The Balaban J connectivity index is 2.67. The number of nitrogens with one attached hydrogen (secondary N) is 1. The molecule has 1 heterocycles. The minimum atomic E-state index is -5.08. The number of aliphatic hydroxyl groups excluding tert-OH is 4. The van der Waals surface area contributed by atoms with Crippen molar-refractivity contribution in [2.45, 2.75) is 185 Å². The summed E-state index contributed by atoms with van der Waals surface area (Å²) in [4.78, 5) is 12.8. The highest BCUT2D eigenvalue weighted by Gasteiger charge is 2.48. The summed E-state index contributed by atoms with van der Waals surface area (Å²) in [5.74, 6) is 5.99. The van der Waals surface area contributed by atoms with E-state index in [0.29, 0.717) is 6.42 Å². The van der Waals surface area contributed by atoms with Gasteiger partial charge in [0, 0.05) is 19.3 Å². The molecule has 0 aromatic rings. The molecule has 7 atom stereocenters. The molecule has 6 N–H and O–H groups in total. The van der Waals surface area contributed by atoms with E-state index in [2.05, 4.69) is 35.2 Å². The third kappa shape index (κ3) is 22.1. The lowest BCUT2D eigenvalue weighted by Crippen LogP contribution is -2.61. The topological polar surface area (TPSA) is 192 Å². The maximum absolute atomic E-state index is 12.8. The van der Waals surface area contributed by atoms with E-state index in [-0.39, 0.29) is 18.9 Å². The van der Waals surface area contributed by atoms with Gasteiger partial charge in [-0.05, 0) is 25.7 Å². The van der Waals surface area contributed by atoms with Gasteiger partial charge in [0.2, 0.25) is 5.91 Å². The maximum atomic E-state index is 12.8. The van der Waals surface area contributed by atoms with Gasteiger partial charge in [-0.15, -0.1) is 11.8 Å². The zero-order chi connectivity index (χ0) is 36.3. The summed E-state index contributed by atoms with van der Waals surface area (Å²) in [5, 5.41) is 44.3. The number of hydrogen-bond donors (Lipinski definition) is 6. The average Bonchev–Trinajstić information content (AvgIpc) is 3.06. The highest BCUT2D eigenvalue weighted by Crippen LogP contribution is 2.26. The Morgan fingerprint density at radius 1 is 0.878 bits per heavy atom. The molecule has 1 aliphatic heterocycles. The van der Waals surface area contributed by atoms with E-state index in [1.807, 2.05) is 6.08 Å². The van der Waals surface area contributed by atoms with E-state index in [1.54, 1.807) is 6.08 Å². The van der Waals surface area contributed by atoms with Gasteiger partial charge in [0.05, 0.1) is 25.4 Å². The van der Waals surface area contributed by atoms with Crippen LogP contribution in [-0.2, 0) is 28.9 Å². The van der Waals surface area contributed by atoms with Gasteiger partial charge in [-0.3, -0.25) is 9.35 Å². The molecule has 1 aliphatic rings. The van der Waals surface area contributed by atoms with E-state index in [9.17, 15) is 33.6 Å². The Hall–Kier alpha value is -1.60. The summed E-state index contributed by atoms with van der Waals surface area (Å²) >= 11 is 0. The van der Waals surface area contributed by atoms with E-state index >= 15 is 0 Å². The number of allylic oxidation sites excluding steroid dienone is 1. The lowest BCUT2D eigenvalue weighted by molar-refractivity contribution is -0.298. The van der Waals surface area contributed by atoms with Crippen LogP contribution in [0.25, 0.3) is 0 Å². The van der Waals surface area contributed by atoms with Gasteiger partial charge < -0.3 is 35.2 Å². The summed E-state index contributed by atoms with van der Waals surface area (Å²) in [6, 6.07) is -0.944. The number of rotatable bonds is 28. The maximum Gasteiger partial charge on any atom is 0.397 e. The molecule has 13 heteroatoms. The van der Waals surface area contributed by atoms with Crippen molar-refractivity contribution in [3.8, 4) is 11.8 Å². The number of carbonyl (C=O) groups excluding carboxylic acids is 1. The second-order valence-corrected chi connectivity index (χ2v) is 14.0. The smallest absolute Gasteiger partial charge is 0.394 e. The zero-order valence-corrected chi connectivity index (χ0v) is 30.7. The standard InChI is InChI=1S/C36H65NO11S/c1-3-5-7-9-11-13-14-15-16-18-19-21-23-25-30(39)29(37-32(40)26-24-22-20-17-12-10-8-6-4-2)28-46-36-34(42)35(48-49(43,44)45)33(41)31(27-38)47-36/h23,25,29-31,33-36,38-39,41-42H,3-4,6,8-22,24,26-28H2,1-2H3,(H,37,40)(H,43,44,45)/b25-23+/t29-,30+,31+,33-,34+,35-,36+/m0/s1. The predicted molar refractivity (Wildman–Crippen MR) is 189 cm³/mol. The van der Waals surface area contributed by atoms with E-state index in [4.69, 9.17) is 14.0 Å². The van der Waals surface area contributed by atoms with Crippen LogP contribution in [0.4, 0.5) is 0 Å². The van der Waals surface area contributed by atoms with Gasteiger partial charge in [-0.2, -0.15) is 8.42 Å². The fourth-order valence-corrected chi connectivity index (χ4v) is 6.20. The van der Waals surface area contributed by atoms with Gasteiger partial charge in [0.25, 0.3) is 0 Å². The summed E-state index contributed by atoms with van der Waals surface area (Å²) < 4.78 is 47.2. The third-order valence-electron chi connectivity index (χ3n) is 8.57. The van der Waals surface area contributed by atoms with Crippen LogP contribution in [0.5, 0.6) is 0 Å². The van der Waals surface area contributed by atoms with Crippen LogP contribution < -0.4 is 5.32 Å². The van der Waals surface area contributed by atoms with Crippen molar-refractivity contribution in [3.63, 3.8) is 0 Å². The van der Waals surface area contributed by atoms with Crippen LogP contribution in [0.3, 0.4) is 0 Å². The molecule has 49 heavy (non-hydrogen) atoms. The normalized spacial score (nSPS) is 22.5. The predicted octanol–water partition coefficient (Wildman–Crippen LogP) is 4.88.